The van der Waals surface area contributed by atoms with Gasteiger partial charge in [-0.3, -0.25) is 9.88 Å². The van der Waals surface area contributed by atoms with Crippen molar-refractivity contribution < 1.29 is 4.79 Å². The standard InChI is InChI=1S/C17H24N6O/c1-22-8-4-15(16(22)14-3-2-5-18-11-14)12-21-17(24)20-7-10-23-9-6-19-13-23/h2-3,5-6,9,11,13,15-16H,4,7-8,10,12H2,1H3,(H2,20,21,24)/t15-,16-/m0/s1. The summed E-state index contributed by atoms with van der Waals surface area (Å²) >= 11 is 0. The SMILES string of the molecule is CN1CC[C@@H](CNC(=O)NCCn2ccnc2)[C@@H]1c1cccnc1. The maximum absolute atomic E-state index is 12.0. The van der Waals surface area contributed by atoms with Crippen molar-refractivity contribution in [3.63, 3.8) is 0 Å². The third-order valence-electron chi connectivity index (χ3n) is 4.54. The highest BCUT2D eigenvalue weighted by Crippen LogP contribution is 2.35. The van der Waals surface area contributed by atoms with Gasteiger partial charge in [0, 0.05) is 50.5 Å². The predicted octanol–water partition coefficient (Wildman–Crippen LogP) is 1.27. The molecule has 2 aromatic heterocycles. The van der Waals surface area contributed by atoms with Crippen LogP contribution < -0.4 is 10.6 Å². The van der Waals surface area contributed by atoms with E-state index in [4.69, 9.17) is 0 Å². The monoisotopic (exact) mass is 328 g/mol. The number of aromatic nitrogens is 3. The molecule has 0 radical (unpaired) electrons. The molecular weight excluding hydrogens is 304 g/mol. The Morgan fingerprint density at radius 3 is 3.00 bits per heavy atom. The van der Waals surface area contributed by atoms with Crippen LogP contribution in [0.5, 0.6) is 0 Å². The molecule has 0 unspecified atom stereocenters. The molecule has 0 saturated carbocycles. The molecule has 0 spiro atoms. The summed E-state index contributed by atoms with van der Waals surface area (Å²) in [5.74, 6) is 0.401. The summed E-state index contributed by atoms with van der Waals surface area (Å²) in [5, 5.41) is 5.89. The predicted molar refractivity (Wildman–Crippen MR) is 91.3 cm³/mol. The van der Waals surface area contributed by atoms with Crippen LogP contribution in [-0.4, -0.2) is 52.1 Å². The van der Waals surface area contributed by atoms with E-state index in [9.17, 15) is 4.79 Å². The molecule has 3 heterocycles. The molecule has 2 amide bonds. The molecular formula is C17H24N6O. The minimum atomic E-state index is -0.116. The van der Waals surface area contributed by atoms with Gasteiger partial charge in [0.25, 0.3) is 0 Å². The van der Waals surface area contributed by atoms with Gasteiger partial charge in [0.2, 0.25) is 0 Å². The first kappa shape index (κ1) is 16.4. The van der Waals surface area contributed by atoms with Crippen LogP contribution in [0.25, 0.3) is 0 Å². The van der Waals surface area contributed by atoms with E-state index >= 15 is 0 Å². The number of carbonyl (C=O) groups excluding carboxylic acids is 1. The fraction of sp³-hybridized carbons (Fsp3) is 0.471. The lowest BCUT2D eigenvalue weighted by atomic mass is 9.95. The van der Waals surface area contributed by atoms with Gasteiger partial charge in [-0.15, -0.1) is 0 Å². The van der Waals surface area contributed by atoms with Crippen molar-refractivity contribution in [1.29, 1.82) is 0 Å². The van der Waals surface area contributed by atoms with E-state index in [2.05, 4.69) is 38.6 Å². The van der Waals surface area contributed by atoms with Gasteiger partial charge in [0.15, 0.2) is 0 Å². The number of pyridine rings is 1. The van der Waals surface area contributed by atoms with Crippen molar-refractivity contribution >= 4 is 6.03 Å². The van der Waals surface area contributed by atoms with Gasteiger partial charge in [0.1, 0.15) is 0 Å². The summed E-state index contributed by atoms with van der Waals surface area (Å²) in [7, 11) is 2.13. The van der Waals surface area contributed by atoms with Crippen molar-refractivity contribution in [2.45, 2.75) is 19.0 Å². The van der Waals surface area contributed by atoms with Crippen molar-refractivity contribution in [2.75, 3.05) is 26.7 Å². The molecule has 1 aliphatic heterocycles. The highest BCUT2D eigenvalue weighted by atomic mass is 16.2. The highest BCUT2D eigenvalue weighted by molar-refractivity contribution is 5.73. The second kappa shape index (κ2) is 7.92. The van der Waals surface area contributed by atoms with Crippen LogP contribution >= 0.6 is 0 Å². The number of imidazole rings is 1. The quantitative estimate of drug-likeness (QED) is 0.837. The molecule has 1 aliphatic rings. The molecule has 1 saturated heterocycles. The van der Waals surface area contributed by atoms with Crippen LogP contribution in [0, 0.1) is 5.92 Å². The first-order valence-electron chi connectivity index (χ1n) is 8.31. The zero-order valence-electron chi connectivity index (χ0n) is 13.9. The average molecular weight is 328 g/mol. The molecule has 3 rings (SSSR count). The van der Waals surface area contributed by atoms with Gasteiger partial charge in [0.05, 0.1) is 6.33 Å². The van der Waals surface area contributed by atoms with Crippen LogP contribution in [-0.2, 0) is 6.54 Å². The Labute approximate surface area is 142 Å². The third kappa shape index (κ3) is 4.11. The van der Waals surface area contributed by atoms with E-state index in [-0.39, 0.29) is 6.03 Å². The second-order valence-corrected chi connectivity index (χ2v) is 6.20. The first-order chi connectivity index (χ1) is 11.7. The molecule has 128 valence electrons. The topological polar surface area (TPSA) is 75.1 Å². The Hall–Kier alpha value is -2.41. The molecule has 7 heteroatoms. The number of amides is 2. The van der Waals surface area contributed by atoms with Gasteiger partial charge in [-0.2, -0.15) is 0 Å². The van der Waals surface area contributed by atoms with E-state index in [1.165, 1.54) is 5.56 Å². The van der Waals surface area contributed by atoms with Crippen LogP contribution in [0.3, 0.4) is 0 Å². The van der Waals surface area contributed by atoms with E-state index in [1.54, 1.807) is 18.7 Å². The highest BCUT2D eigenvalue weighted by Gasteiger charge is 2.33. The molecule has 0 aliphatic carbocycles. The van der Waals surface area contributed by atoms with Crippen LogP contribution in [0.15, 0.2) is 43.2 Å². The first-order valence-corrected chi connectivity index (χ1v) is 8.31. The maximum Gasteiger partial charge on any atom is 0.314 e. The summed E-state index contributed by atoms with van der Waals surface area (Å²) < 4.78 is 1.94. The van der Waals surface area contributed by atoms with Gasteiger partial charge in [-0.1, -0.05) is 6.07 Å². The second-order valence-electron chi connectivity index (χ2n) is 6.20. The molecule has 7 nitrogen and oxygen atoms in total. The molecule has 2 aromatic rings. The maximum atomic E-state index is 12.0. The third-order valence-corrected chi connectivity index (χ3v) is 4.54. The van der Waals surface area contributed by atoms with Crippen LogP contribution in [0.1, 0.15) is 18.0 Å². The number of hydrogen-bond acceptors (Lipinski definition) is 4. The Kier molecular flexibility index (Phi) is 5.43. The number of rotatable bonds is 6. The molecule has 24 heavy (non-hydrogen) atoms. The van der Waals surface area contributed by atoms with E-state index < -0.39 is 0 Å². The van der Waals surface area contributed by atoms with Crippen LogP contribution in [0.2, 0.25) is 0 Å². The Balaban J connectivity index is 1.45. The smallest absolute Gasteiger partial charge is 0.314 e. The van der Waals surface area contributed by atoms with Crippen molar-refractivity contribution in [3.05, 3.63) is 48.8 Å². The fourth-order valence-electron chi connectivity index (χ4n) is 3.32. The van der Waals surface area contributed by atoms with Crippen molar-refractivity contribution in [3.8, 4) is 0 Å². The van der Waals surface area contributed by atoms with Gasteiger partial charge in [-0.25, -0.2) is 9.78 Å². The minimum Gasteiger partial charge on any atom is -0.338 e. The summed E-state index contributed by atoms with van der Waals surface area (Å²) in [5.41, 5.74) is 1.21. The Morgan fingerprint density at radius 1 is 1.33 bits per heavy atom. The fourth-order valence-corrected chi connectivity index (χ4v) is 3.32. The summed E-state index contributed by atoms with van der Waals surface area (Å²) in [6.07, 6.45) is 10.1. The van der Waals surface area contributed by atoms with Gasteiger partial charge in [-0.05, 0) is 37.6 Å². The average Bonchev–Trinajstić information content (AvgIpc) is 3.23. The summed E-state index contributed by atoms with van der Waals surface area (Å²) in [4.78, 5) is 22.5. The normalized spacial score (nSPS) is 20.9. The molecule has 2 N–H and O–H groups in total. The summed E-state index contributed by atoms with van der Waals surface area (Å²) in [6, 6.07) is 4.27. The zero-order chi connectivity index (χ0) is 16.8. The lowest BCUT2D eigenvalue weighted by Crippen LogP contribution is -2.40. The van der Waals surface area contributed by atoms with Crippen molar-refractivity contribution in [2.24, 2.45) is 5.92 Å². The molecule has 2 atom stereocenters. The number of carbonyl (C=O) groups is 1. The number of nitrogens with one attached hydrogen (secondary N) is 2. The number of likely N-dealkylation sites (tertiary alicyclic amines) is 1. The lowest BCUT2D eigenvalue weighted by Gasteiger charge is -2.25. The van der Waals surface area contributed by atoms with Gasteiger partial charge >= 0.3 is 6.03 Å². The van der Waals surface area contributed by atoms with Gasteiger partial charge < -0.3 is 15.2 Å². The molecule has 1 fully saturated rings. The minimum absolute atomic E-state index is 0.116. The largest absolute Gasteiger partial charge is 0.338 e. The Bertz CT molecular complexity index is 630. The summed E-state index contributed by atoms with van der Waals surface area (Å²) in [6.45, 7) is 3.01. The van der Waals surface area contributed by atoms with Crippen LogP contribution in [0.4, 0.5) is 4.79 Å². The zero-order valence-corrected chi connectivity index (χ0v) is 13.9. The van der Waals surface area contributed by atoms with E-state index in [0.29, 0.717) is 25.0 Å². The molecule has 0 bridgehead atoms. The number of urea groups is 1. The number of nitrogens with zero attached hydrogens (tertiary/aromatic N) is 4. The number of hydrogen-bond donors (Lipinski definition) is 2. The molecule has 0 aromatic carbocycles. The van der Waals surface area contributed by atoms with E-state index in [1.807, 2.05) is 23.0 Å². The van der Waals surface area contributed by atoms with E-state index in [0.717, 1.165) is 19.5 Å². The van der Waals surface area contributed by atoms with Crippen molar-refractivity contribution in [1.82, 2.24) is 30.1 Å². The Morgan fingerprint density at radius 2 is 2.25 bits per heavy atom. The lowest BCUT2D eigenvalue weighted by molar-refractivity contribution is 0.233.